The van der Waals surface area contributed by atoms with Gasteiger partial charge in [0.15, 0.2) is 0 Å². The first kappa shape index (κ1) is 16.6. The van der Waals surface area contributed by atoms with Crippen molar-refractivity contribution in [3.8, 4) is 0 Å². The van der Waals surface area contributed by atoms with Crippen molar-refractivity contribution in [2.75, 3.05) is 0 Å². The third kappa shape index (κ3) is 2.18. The van der Waals surface area contributed by atoms with Gasteiger partial charge in [0.1, 0.15) is 0 Å². The Labute approximate surface area is 153 Å². The van der Waals surface area contributed by atoms with E-state index in [1.54, 1.807) is 22.3 Å². The molecule has 4 rings (SSSR count). The number of fused-ring (bicyclic) bond motifs is 2. The average Bonchev–Trinajstić information content (AvgIpc) is 3.01. The fourth-order valence-corrected chi connectivity index (χ4v) is 10.7. The van der Waals surface area contributed by atoms with Gasteiger partial charge in [-0.15, -0.1) is 0 Å². The van der Waals surface area contributed by atoms with Gasteiger partial charge in [0.2, 0.25) is 0 Å². The summed E-state index contributed by atoms with van der Waals surface area (Å²) in [7, 11) is -1.67. The predicted octanol–water partition coefficient (Wildman–Crippen LogP) is 6.95. The maximum atomic E-state index is 2.61. The Morgan fingerprint density at radius 3 is 1.36 bits per heavy atom. The molecule has 2 aromatic carbocycles. The highest BCUT2D eigenvalue weighted by molar-refractivity contribution is 6.81. The Morgan fingerprint density at radius 1 is 0.600 bits per heavy atom. The lowest BCUT2D eigenvalue weighted by Gasteiger charge is -2.39. The van der Waals surface area contributed by atoms with Crippen LogP contribution in [0.4, 0.5) is 0 Å². The van der Waals surface area contributed by atoms with Gasteiger partial charge in [0.05, 0.1) is 8.07 Å². The molecule has 0 nitrogen and oxygen atoms in total. The van der Waals surface area contributed by atoms with Gasteiger partial charge in [0, 0.05) is 11.1 Å². The first-order chi connectivity index (χ1) is 11.9. The Hall–Kier alpha value is -1.86. The summed E-state index contributed by atoms with van der Waals surface area (Å²) in [5, 5.41) is 0. The Bertz CT molecular complexity index is 851. The summed E-state index contributed by atoms with van der Waals surface area (Å²) in [6, 6.07) is 18.2. The summed E-state index contributed by atoms with van der Waals surface area (Å²) in [6.07, 6.45) is 0. The molecule has 0 heterocycles. The molecule has 2 aliphatic rings. The first-order valence-corrected chi connectivity index (χ1v) is 12.5. The topological polar surface area (TPSA) is 0 Å². The first-order valence-electron chi connectivity index (χ1n) is 9.39. The highest BCUT2D eigenvalue weighted by Gasteiger charge is 2.48. The molecule has 2 aliphatic carbocycles. The van der Waals surface area contributed by atoms with Crippen LogP contribution in [0.1, 0.15) is 61.0 Å². The molecule has 1 heteroatoms. The molecule has 2 aromatic rings. The van der Waals surface area contributed by atoms with Crippen molar-refractivity contribution in [1.82, 2.24) is 0 Å². The Balaban J connectivity index is 1.90. The summed E-state index contributed by atoms with van der Waals surface area (Å²) < 4.78 is 0. The monoisotopic (exact) mass is 344 g/mol. The van der Waals surface area contributed by atoms with Gasteiger partial charge in [-0.2, -0.15) is 0 Å². The Kier molecular flexibility index (Phi) is 3.70. The van der Waals surface area contributed by atoms with Gasteiger partial charge in [-0.3, -0.25) is 0 Å². The zero-order valence-electron chi connectivity index (χ0n) is 16.3. The maximum Gasteiger partial charge on any atom is 0.0722 e. The lowest BCUT2D eigenvalue weighted by atomic mass is 10.1. The number of hydrogen-bond acceptors (Lipinski definition) is 0. The van der Waals surface area contributed by atoms with Crippen LogP contribution in [0.2, 0.25) is 13.1 Å². The van der Waals surface area contributed by atoms with E-state index in [-0.39, 0.29) is 0 Å². The van der Waals surface area contributed by atoms with E-state index in [1.807, 2.05) is 0 Å². The molecule has 0 bridgehead atoms. The van der Waals surface area contributed by atoms with E-state index in [1.165, 1.54) is 22.3 Å². The normalized spacial score (nSPS) is 22.5. The molecule has 2 atom stereocenters. The molecule has 128 valence electrons. The van der Waals surface area contributed by atoms with Crippen LogP contribution >= 0.6 is 0 Å². The molecular formula is C24H28Si. The zero-order valence-corrected chi connectivity index (χ0v) is 17.3. The van der Waals surface area contributed by atoms with Crippen LogP contribution in [0, 0.1) is 0 Å². The number of hydrogen-bond donors (Lipinski definition) is 0. The predicted molar refractivity (Wildman–Crippen MR) is 112 cm³/mol. The maximum absolute atomic E-state index is 2.61. The molecule has 0 N–H and O–H groups in total. The molecule has 2 unspecified atom stereocenters. The molecule has 0 saturated heterocycles. The second-order valence-electron chi connectivity index (χ2n) is 8.48. The van der Waals surface area contributed by atoms with Crippen molar-refractivity contribution in [3.63, 3.8) is 0 Å². The number of rotatable bonds is 2. The highest BCUT2D eigenvalue weighted by Crippen LogP contribution is 2.55. The molecule has 0 radical (unpaired) electrons. The van der Waals surface area contributed by atoms with E-state index in [0.717, 1.165) is 0 Å². The minimum atomic E-state index is -1.67. The molecule has 0 aliphatic heterocycles. The van der Waals surface area contributed by atoms with Crippen LogP contribution in [0.5, 0.6) is 0 Å². The van der Waals surface area contributed by atoms with Crippen LogP contribution in [-0.2, 0) is 0 Å². The summed E-state index contributed by atoms with van der Waals surface area (Å²) in [4.78, 5) is 0. The van der Waals surface area contributed by atoms with E-state index in [0.29, 0.717) is 11.1 Å². The van der Waals surface area contributed by atoms with Crippen molar-refractivity contribution in [3.05, 3.63) is 81.9 Å². The van der Waals surface area contributed by atoms with E-state index in [4.69, 9.17) is 0 Å². The van der Waals surface area contributed by atoms with Crippen LogP contribution in [0.25, 0.3) is 11.1 Å². The molecule has 25 heavy (non-hydrogen) atoms. The third-order valence-corrected chi connectivity index (χ3v) is 11.4. The van der Waals surface area contributed by atoms with E-state index < -0.39 is 8.07 Å². The summed E-state index contributed by atoms with van der Waals surface area (Å²) in [6.45, 7) is 14.6. The standard InChI is InChI=1S/C24H28Si/c1-15-17(3)23(21-13-9-7-11-19(15)21)25(5,6)24-18(4)16(2)20-12-8-10-14-22(20)24/h7-14,23-24H,1-6H3. The molecule has 0 amide bonds. The lowest BCUT2D eigenvalue weighted by Crippen LogP contribution is -2.42. The van der Waals surface area contributed by atoms with Crippen LogP contribution < -0.4 is 0 Å². The fourth-order valence-electron chi connectivity index (χ4n) is 5.59. The van der Waals surface area contributed by atoms with Crippen LogP contribution in [0.3, 0.4) is 0 Å². The van der Waals surface area contributed by atoms with Crippen molar-refractivity contribution < 1.29 is 0 Å². The quantitative estimate of drug-likeness (QED) is 0.517. The van der Waals surface area contributed by atoms with Gasteiger partial charge < -0.3 is 0 Å². The number of benzene rings is 2. The van der Waals surface area contributed by atoms with E-state index in [9.17, 15) is 0 Å². The Morgan fingerprint density at radius 2 is 0.960 bits per heavy atom. The van der Waals surface area contributed by atoms with E-state index >= 15 is 0 Å². The van der Waals surface area contributed by atoms with Gasteiger partial charge in [0.25, 0.3) is 0 Å². The van der Waals surface area contributed by atoms with Gasteiger partial charge >= 0.3 is 0 Å². The molecule has 0 saturated carbocycles. The van der Waals surface area contributed by atoms with Crippen molar-refractivity contribution in [2.24, 2.45) is 0 Å². The number of allylic oxidation sites excluding steroid dienone is 4. The van der Waals surface area contributed by atoms with Gasteiger partial charge in [-0.25, -0.2) is 0 Å². The van der Waals surface area contributed by atoms with Gasteiger partial charge in [-0.1, -0.05) is 72.8 Å². The zero-order chi connectivity index (χ0) is 17.9. The van der Waals surface area contributed by atoms with Crippen molar-refractivity contribution in [2.45, 2.75) is 51.9 Å². The smallest absolute Gasteiger partial charge is 0.0679 e. The lowest BCUT2D eigenvalue weighted by molar-refractivity contribution is 0.966. The van der Waals surface area contributed by atoms with Crippen molar-refractivity contribution in [1.29, 1.82) is 0 Å². The van der Waals surface area contributed by atoms with Crippen LogP contribution in [-0.4, -0.2) is 8.07 Å². The second kappa shape index (κ2) is 5.57. The minimum Gasteiger partial charge on any atom is -0.0679 e. The van der Waals surface area contributed by atoms with Gasteiger partial charge in [-0.05, 0) is 61.1 Å². The SMILES string of the molecule is CC1=C(C)C([Si](C)(C)C2C(C)=C(C)c3ccccc32)c2ccccc21. The summed E-state index contributed by atoms with van der Waals surface area (Å²) in [5.74, 6) is 0. The van der Waals surface area contributed by atoms with E-state index in [2.05, 4.69) is 89.3 Å². The fraction of sp³-hybridized carbons (Fsp3) is 0.333. The van der Waals surface area contributed by atoms with Crippen LogP contribution in [0.15, 0.2) is 59.7 Å². The largest absolute Gasteiger partial charge is 0.0722 e. The summed E-state index contributed by atoms with van der Waals surface area (Å²) >= 11 is 0. The highest BCUT2D eigenvalue weighted by atomic mass is 28.3. The molecule has 0 spiro atoms. The average molecular weight is 345 g/mol. The molecule has 0 fully saturated rings. The molecular weight excluding hydrogens is 316 g/mol. The van der Waals surface area contributed by atoms with Crippen molar-refractivity contribution >= 4 is 19.2 Å². The minimum absolute atomic E-state index is 0.614. The second-order valence-corrected chi connectivity index (χ2v) is 13.3. The third-order valence-electron chi connectivity index (χ3n) is 6.89. The molecule has 0 aromatic heterocycles. The summed E-state index contributed by atoms with van der Waals surface area (Å²) in [5.41, 5.74) is 13.6.